The van der Waals surface area contributed by atoms with Crippen molar-refractivity contribution in [3.8, 4) is 0 Å². The standard InChI is InChI=1S/C13H20N6O/c1-10(2)15-12(11-5-4-6-14-9-11)13-16-17-18-19(13)7-8-20-3/h4-6,9-10,12,15H,7-8H2,1-3H3. The summed E-state index contributed by atoms with van der Waals surface area (Å²) in [4.78, 5) is 4.17. The number of tetrazole rings is 1. The van der Waals surface area contributed by atoms with Gasteiger partial charge in [-0.1, -0.05) is 6.07 Å². The van der Waals surface area contributed by atoms with Gasteiger partial charge in [0, 0.05) is 25.5 Å². The molecule has 7 nitrogen and oxygen atoms in total. The fourth-order valence-corrected chi connectivity index (χ4v) is 1.96. The molecule has 1 atom stereocenters. The molecule has 0 spiro atoms. The van der Waals surface area contributed by atoms with E-state index in [1.54, 1.807) is 18.0 Å². The fraction of sp³-hybridized carbons (Fsp3) is 0.538. The number of ether oxygens (including phenoxy) is 1. The van der Waals surface area contributed by atoms with E-state index >= 15 is 0 Å². The van der Waals surface area contributed by atoms with Gasteiger partial charge < -0.3 is 10.1 Å². The topological polar surface area (TPSA) is 77.8 Å². The predicted molar refractivity (Wildman–Crippen MR) is 74.0 cm³/mol. The summed E-state index contributed by atoms with van der Waals surface area (Å²) in [5, 5.41) is 15.4. The molecule has 1 N–H and O–H groups in total. The summed E-state index contributed by atoms with van der Waals surface area (Å²) in [5.41, 5.74) is 1.04. The number of nitrogens with zero attached hydrogens (tertiary/aromatic N) is 5. The van der Waals surface area contributed by atoms with Crippen LogP contribution >= 0.6 is 0 Å². The Kier molecular flexibility index (Phi) is 5.14. The number of pyridine rings is 1. The van der Waals surface area contributed by atoms with E-state index in [0.29, 0.717) is 19.2 Å². The molecule has 0 amide bonds. The Morgan fingerprint density at radius 3 is 2.90 bits per heavy atom. The largest absolute Gasteiger partial charge is 0.383 e. The van der Waals surface area contributed by atoms with Gasteiger partial charge in [-0.05, 0) is 35.9 Å². The van der Waals surface area contributed by atoms with Crippen molar-refractivity contribution in [2.24, 2.45) is 0 Å². The summed E-state index contributed by atoms with van der Waals surface area (Å²) in [6.45, 7) is 5.37. The van der Waals surface area contributed by atoms with Crippen molar-refractivity contribution in [1.82, 2.24) is 30.5 Å². The van der Waals surface area contributed by atoms with Crippen LogP contribution in [0.15, 0.2) is 24.5 Å². The van der Waals surface area contributed by atoms with Gasteiger partial charge in [-0.3, -0.25) is 4.98 Å². The SMILES string of the molecule is COCCn1nnnc1C(NC(C)C)c1cccnc1. The Hall–Kier alpha value is -1.86. The molecule has 2 aromatic heterocycles. The Morgan fingerprint density at radius 1 is 1.40 bits per heavy atom. The monoisotopic (exact) mass is 276 g/mol. The van der Waals surface area contributed by atoms with Crippen LogP contribution < -0.4 is 5.32 Å². The molecule has 0 radical (unpaired) electrons. The van der Waals surface area contributed by atoms with Gasteiger partial charge in [-0.25, -0.2) is 4.68 Å². The quantitative estimate of drug-likeness (QED) is 0.806. The van der Waals surface area contributed by atoms with Crippen LogP contribution in [0.3, 0.4) is 0 Å². The molecule has 2 aromatic rings. The second-order valence-electron chi connectivity index (χ2n) is 4.79. The van der Waals surface area contributed by atoms with Crippen LogP contribution in [0.2, 0.25) is 0 Å². The van der Waals surface area contributed by atoms with Crippen LogP contribution in [-0.2, 0) is 11.3 Å². The number of aromatic nitrogens is 5. The average molecular weight is 276 g/mol. The van der Waals surface area contributed by atoms with E-state index < -0.39 is 0 Å². The van der Waals surface area contributed by atoms with Gasteiger partial charge in [-0.2, -0.15) is 0 Å². The number of methoxy groups -OCH3 is 1. The Balaban J connectivity index is 2.29. The first-order chi connectivity index (χ1) is 9.72. The summed E-state index contributed by atoms with van der Waals surface area (Å²) in [5.74, 6) is 0.767. The third kappa shape index (κ3) is 3.58. The maximum absolute atomic E-state index is 5.09. The third-order valence-electron chi connectivity index (χ3n) is 2.84. The second kappa shape index (κ2) is 7.06. The van der Waals surface area contributed by atoms with E-state index in [9.17, 15) is 0 Å². The molecular weight excluding hydrogens is 256 g/mol. The highest BCUT2D eigenvalue weighted by molar-refractivity contribution is 5.21. The van der Waals surface area contributed by atoms with Gasteiger partial charge in [0.25, 0.3) is 0 Å². The van der Waals surface area contributed by atoms with Crippen molar-refractivity contribution >= 4 is 0 Å². The number of hydrogen-bond acceptors (Lipinski definition) is 6. The fourth-order valence-electron chi connectivity index (χ4n) is 1.96. The van der Waals surface area contributed by atoms with Crippen LogP contribution in [0.4, 0.5) is 0 Å². The number of nitrogens with one attached hydrogen (secondary N) is 1. The summed E-state index contributed by atoms with van der Waals surface area (Å²) in [7, 11) is 1.66. The zero-order chi connectivity index (χ0) is 14.4. The van der Waals surface area contributed by atoms with E-state index in [2.05, 4.69) is 39.7 Å². The number of hydrogen-bond donors (Lipinski definition) is 1. The van der Waals surface area contributed by atoms with Gasteiger partial charge in [0.05, 0.1) is 19.2 Å². The molecule has 0 aliphatic rings. The van der Waals surface area contributed by atoms with Gasteiger partial charge in [0.2, 0.25) is 0 Å². The van der Waals surface area contributed by atoms with Gasteiger partial charge in [0.15, 0.2) is 5.82 Å². The van der Waals surface area contributed by atoms with Crippen molar-refractivity contribution in [3.63, 3.8) is 0 Å². The maximum Gasteiger partial charge on any atom is 0.172 e. The molecule has 0 fully saturated rings. The van der Waals surface area contributed by atoms with E-state index in [1.807, 2.05) is 18.3 Å². The number of rotatable bonds is 7. The van der Waals surface area contributed by atoms with Crippen LogP contribution in [0.1, 0.15) is 31.3 Å². The summed E-state index contributed by atoms with van der Waals surface area (Å²) < 4.78 is 6.85. The molecule has 7 heteroatoms. The average Bonchev–Trinajstić information content (AvgIpc) is 2.91. The Morgan fingerprint density at radius 2 is 2.25 bits per heavy atom. The van der Waals surface area contributed by atoms with E-state index in [4.69, 9.17) is 4.74 Å². The van der Waals surface area contributed by atoms with Gasteiger partial charge in [-0.15, -0.1) is 5.10 Å². The van der Waals surface area contributed by atoms with Crippen molar-refractivity contribution in [2.45, 2.75) is 32.5 Å². The first-order valence-electron chi connectivity index (χ1n) is 6.63. The zero-order valence-electron chi connectivity index (χ0n) is 12.0. The van der Waals surface area contributed by atoms with E-state index in [0.717, 1.165) is 11.4 Å². The van der Waals surface area contributed by atoms with Crippen molar-refractivity contribution < 1.29 is 4.74 Å². The lowest BCUT2D eigenvalue weighted by Gasteiger charge is -2.20. The van der Waals surface area contributed by atoms with Crippen molar-refractivity contribution in [2.75, 3.05) is 13.7 Å². The minimum absolute atomic E-state index is 0.0874. The minimum Gasteiger partial charge on any atom is -0.383 e. The summed E-state index contributed by atoms with van der Waals surface area (Å²) >= 11 is 0. The maximum atomic E-state index is 5.09. The Labute approximate surface area is 118 Å². The third-order valence-corrected chi connectivity index (χ3v) is 2.84. The molecule has 2 rings (SSSR count). The van der Waals surface area contributed by atoms with Crippen molar-refractivity contribution in [1.29, 1.82) is 0 Å². The first kappa shape index (κ1) is 14.5. The predicted octanol–water partition coefficient (Wildman–Crippen LogP) is 0.802. The highest BCUT2D eigenvalue weighted by atomic mass is 16.5. The molecule has 1 unspecified atom stereocenters. The lowest BCUT2D eigenvalue weighted by molar-refractivity contribution is 0.181. The highest BCUT2D eigenvalue weighted by Crippen LogP contribution is 2.19. The lowest BCUT2D eigenvalue weighted by Crippen LogP contribution is -2.31. The summed E-state index contributed by atoms with van der Waals surface area (Å²) in [6, 6.07) is 4.14. The molecule has 2 heterocycles. The van der Waals surface area contributed by atoms with E-state index in [1.165, 1.54) is 0 Å². The first-order valence-corrected chi connectivity index (χ1v) is 6.63. The molecular formula is C13H20N6O. The molecule has 20 heavy (non-hydrogen) atoms. The highest BCUT2D eigenvalue weighted by Gasteiger charge is 2.21. The van der Waals surface area contributed by atoms with Crippen LogP contribution in [0.25, 0.3) is 0 Å². The van der Waals surface area contributed by atoms with Gasteiger partial charge >= 0.3 is 0 Å². The van der Waals surface area contributed by atoms with Crippen LogP contribution in [-0.4, -0.2) is 44.9 Å². The van der Waals surface area contributed by atoms with E-state index in [-0.39, 0.29) is 6.04 Å². The molecule has 0 saturated carbocycles. The van der Waals surface area contributed by atoms with Crippen LogP contribution in [0.5, 0.6) is 0 Å². The van der Waals surface area contributed by atoms with Crippen molar-refractivity contribution in [3.05, 3.63) is 35.9 Å². The lowest BCUT2D eigenvalue weighted by atomic mass is 10.1. The molecule has 0 saturated heterocycles. The zero-order valence-corrected chi connectivity index (χ0v) is 12.0. The minimum atomic E-state index is -0.0874. The second-order valence-corrected chi connectivity index (χ2v) is 4.79. The molecule has 0 aliphatic carbocycles. The van der Waals surface area contributed by atoms with Gasteiger partial charge in [0.1, 0.15) is 0 Å². The Bertz CT molecular complexity index is 513. The normalized spacial score (nSPS) is 12.8. The van der Waals surface area contributed by atoms with Crippen LogP contribution in [0, 0.1) is 0 Å². The molecule has 108 valence electrons. The molecule has 0 bridgehead atoms. The summed E-state index contributed by atoms with van der Waals surface area (Å²) in [6.07, 6.45) is 3.58. The molecule has 0 aromatic carbocycles. The molecule has 0 aliphatic heterocycles. The smallest absolute Gasteiger partial charge is 0.172 e.